The lowest BCUT2D eigenvalue weighted by molar-refractivity contribution is -0.161. The zero-order valence-electron chi connectivity index (χ0n) is 8.25. The first-order valence-corrected chi connectivity index (χ1v) is 4.25. The van der Waals surface area contributed by atoms with Crippen LogP contribution < -0.4 is 0 Å². The van der Waals surface area contributed by atoms with E-state index in [0.29, 0.717) is 12.0 Å². The second-order valence-electron chi connectivity index (χ2n) is 2.57. The van der Waals surface area contributed by atoms with E-state index < -0.39 is 18.7 Å². The van der Waals surface area contributed by atoms with Gasteiger partial charge in [-0.2, -0.15) is 0 Å². The average Bonchev–Trinajstić information content (AvgIpc) is 2.17. The van der Waals surface area contributed by atoms with Crippen molar-refractivity contribution in [2.45, 2.75) is 19.8 Å². The summed E-state index contributed by atoms with van der Waals surface area (Å²) in [6.07, 6.45) is 2.39. The number of ether oxygens (including phenoxy) is 2. The molecule has 0 radical (unpaired) electrons. The molecule has 78 valence electrons. The highest BCUT2D eigenvalue weighted by Gasteiger charge is 2.07. The van der Waals surface area contributed by atoms with Gasteiger partial charge in [0.2, 0.25) is 6.79 Å². The van der Waals surface area contributed by atoms with Crippen LogP contribution >= 0.6 is 0 Å². The molecule has 4 heteroatoms. The van der Waals surface area contributed by atoms with Crippen LogP contribution in [0.2, 0.25) is 0 Å². The van der Waals surface area contributed by atoms with Crippen molar-refractivity contribution < 1.29 is 19.1 Å². The molecule has 0 aromatic heterocycles. The van der Waals surface area contributed by atoms with Crippen molar-refractivity contribution in [2.75, 3.05) is 6.79 Å². The third-order valence-electron chi connectivity index (χ3n) is 1.40. The minimum atomic E-state index is -0.626. The molecule has 0 atom stereocenters. The summed E-state index contributed by atoms with van der Waals surface area (Å²) >= 11 is 0. The predicted molar refractivity (Wildman–Crippen MR) is 51.3 cm³/mol. The van der Waals surface area contributed by atoms with Crippen molar-refractivity contribution >= 4 is 11.9 Å². The molecule has 0 saturated heterocycles. The largest absolute Gasteiger partial charge is 0.425 e. The fourth-order valence-electron chi connectivity index (χ4n) is 0.706. The Hall–Kier alpha value is -1.58. The Morgan fingerprint density at radius 2 is 2.00 bits per heavy atom. The maximum absolute atomic E-state index is 11.1. The fourth-order valence-corrected chi connectivity index (χ4v) is 0.706. The Balaban J connectivity index is 3.68. The second-order valence-corrected chi connectivity index (χ2v) is 2.57. The van der Waals surface area contributed by atoms with Gasteiger partial charge in [0, 0.05) is 11.6 Å². The zero-order chi connectivity index (χ0) is 11.0. The number of carbonyl (C=O) groups excluding carboxylic acids is 2. The molecule has 4 nitrogen and oxygen atoms in total. The number of carbonyl (C=O) groups is 2. The molecule has 0 rings (SSSR count). The highest BCUT2D eigenvalue weighted by molar-refractivity contribution is 5.87. The standard InChI is InChI=1S/C10H14O4/c1-4-6-8(3)10(12)14-7-13-9(11)5-2/h5H,2-4,6-7H2,1H3. The molecule has 0 unspecified atom stereocenters. The molecule has 0 fully saturated rings. The Morgan fingerprint density at radius 1 is 1.36 bits per heavy atom. The fraction of sp³-hybridized carbons (Fsp3) is 0.400. The molecule has 0 amide bonds. The van der Waals surface area contributed by atoms with Crippen molar-refractivity contribution in [1.82, 2.24) is 0 Å². The van der Waals surface area contributed by atoms with Crippen LogP contribution in [0.5, 0.6) is 0 Å². The van der Waals surface area contributed by atoms with E-state index in [1.807, 2.05) is 6.92 Å². The molecule has 0 aliphatic heterocycles. The molecule has 0 saturated carbocycles. The highest BCUT2D eigenvalue weighted by Crippen LogP contribution is 2.03. The highest BCUT2D eigenvalue weighted by atomic mass is 16.7. The van der Waals surface area contributed by atoms with E-state index >= 15 is 0 Å². The summed E-state index contributed by atoms with van der Waals surface area (Å²) in [4.78, 5) is 21.6. The van der Waals surface area contributed by atoms with Gasteiger partial charge in [0.25, 0.3) is 0 Å². The van der Waals surface area contributed by atoms with Crippen LogP contribution in [0.25, 0.3) is 0 Å². The first-order valence-electron chi connectivity index (χ1n) is 4.25. The Labute approximate surface area is 83.2 Å². The molecule has 0 spiro atoms. The van der Waals surface area contributed by atoms with Crippen molar-refractivity contribution in [3.8, 4) is 0 Å². The lowest BCUT2D eigenvalue weighted by Crippen LogP contribution is -2.12. The molecular formula is C10H14O4. The Morgan fingerprint density at radius 3 is 2.50 bits per heavy atom. The van der Waals surface area contributed by atoms with Crippen LogP contribution in [0.1, 0.15) is 19.8 Å². The van der Waals surface area contributed by atoms with Gasteiger partial charge in [-0.15, -0.1) is 0 Å². The molecule has 0 heterocycles. The summed E-state index contributed by atoms with van der Waals surface area (Å²) in [5.41, 5.74) is 0.377. The van der Waals surface area contributed by atoms with Gasteiger partial charge >= 0.3 is 11.9 Å². The van der Waals surface area contributed by atoms with Gasteiger partial charge in [-0.3, -0.25) is 0 Å². The van der Waals surface area contributed by atoms with Crippen LogP contribution in [0.4, 0.5) is 0 Å². The Kier molecular flexibility index (Phi) is 6.11. The maximum Gasteiger partial charge on any atom is 0.336 e. The molecular weight excluding hydrogens is 184 g/mol. The molecule has 0 aromatic carbocycles. The molecule has 0 aromatic rings. The Bertz CT molecular complexity index is 243. The lowest BCUT2D eigenvalue weighted by atomic mass is 10.2. The van der Waals surface area contributed by atoms with Gasteiger partial charge in [0.05, 0.1) is 0 Å². The number of hydrogen-bond donors (Lipinski definition) is 0. The van der Waals surface area contributed by atoms with Gasteiger partial charge in [0.15, 0.2) is 0 Å². The summed E-state index contributed by atoms with van der Waals surface area (Å²) < 4.78 is 9.05. The van der Waals surface area contributed by atoms with Crippen LogP contribution in [0.3, 0.4) is 0 Å². The number of esters is 2. The molecule has 0 aliphatic rings. The third-order valence-corrected chi connectivity index (χ3v) is 1.40. The quantitative estimate of drug-likeness (QED) is 0.369. The van der Waals surface area contributed by atoms with E-state index in [-0.39, 0.29) is 0 Å². The summed E-state index contributed by atoms with van der Waals surface area (Å²) in [7, 11) is 0. The van der Waals surface area contributed by atoms with Crippen LogP contribution in [-0.4, -0.2) is 18.7 Å². The molecule has 14 heavy (non-hydrogen) atoms. The minimum Gasteiger partial charge on any atom is -0.425 e. The summed E-state index contributed by atoms with van der Waals surface area (Å²) in [5, 5.41) is 0. The van der Waals surface area contributed by atoms with E-state index in [2.05, 4.69) is 22.6 Å². The monoisotopic (exact) mass is 198 g/mol. The van der Waals surface area contributed by atoms with Crippen molar-refractivity contribution in [3.63, 3.8) is 0 Å². The average molecular weight is 198 g/mol. The first-order chi connectivity index (χ1) is 6.61. The summed E-state index contributed by atoms with van der Waals surface area (Å²) in [5.74, 6) is -1.16. The van der Waals surface area contributed by atoms with E-state index in [0.717, 1.165) is 12.5 Å². The van der Waals surface area contributed by atoms with Gasteiger partial charge < -0.3 is 9.47 Å². The van der Waals surface area contributed by atoms with Crippen LogP contribution in [0, 0.1) is 0 Å². The first kappa shape index (κ1) is 12.4. The van der Waals surface area contributed by atoms with Crippen molar-refractivity contribution in [2.24, 2.45) is 0 Å². The van der Waals surface area contributed by atoms with Crippen molar-refractivity contribution in [3.05, 3.63) is 24.8 Å². The lowest BCUT2D eigenvalue weighted by Gasteiger charge is -2.05. The third kappa shape index (κ3) is 5.13. The maximum atomic E-state index is 11.1. The smallest absolute Gasteiger partial charge is 0.336 e. The second kappa shape index (κ2) is 6.88. The van der Waals surface area contributed by atoms with Gasteiger partial charge in [-0.25, -0.2) is 9.59 Å². The van der Waals surface area contributed by atoms with E-state index in [1.54, 1.807) is 0 Å². The van der Waals surface area contributed by atoms with E-state index in [9.17, 15) is 9.59 Å². The van der Waals surface area contributed by atoms with E-state index in [4.69, 9.17) is 0 Å². The van der Waals surface area contributed by atoms with Gasteiger partial charge in [0.1, 0.15) is 0 Å². The van der Waals surface area contributed by atoms with Crippen LogP contribution in [-0.2, 0) is 19.1 Å². The molecule has 0 N–H and O–H groups in total. The van der Waals surface area contributed by atoms with Crippen molar-refractivity contribution in [1.29, 1.82) is 0 Å². The minimum absolute atomic E-state index is 0.377. The number of rotatable bonds is 6. The summed E-state index contributed by atoms with van der Waals surface area (Å²) in [6, 6.07) is 0. The number of hydrogen-bond acceptors (Lipinski definition) is 4. The molecule has 0 bridgehead atoms. The normalized spacial score (nSPS) is 8.93. The molecule has 0 aliphatic carbocycles. The predicted octanol–water partition coefficient (Wildman–Crippen LogP) is 1.57. The SMILES string of the molecule is C=CC(=O)OCOC(=O)C(=C)CCC. The van der Waals surface area contributed by atoms with Crippen LogP contribution in [0.15, 0.2) is 24.8 Å². The zero-order valence-corrected chi connectivity index (χ0v) is 8.25. The topological polar surface area (TPSA) is 52.6 Å². The van der Waals surface area contributed by atoms with E-state index in [1.165, 1.54) is 0 Å². The summed E-state index contributed by atoms with van der Waals surface area (Å²) in [6.45, 7) is 8.25. The van der Waals surface area contributed by atoms with Gasteiger partial charge in [-0.05, 0) is 6.42 Å². The van der Waals surface area contributed by atoms with Gasteiger partial charge in [-0.1, -0.05) is 26.5 Å².